The average Bonchev–Trinajstić information content (AvgIpc) is 3.27. The largest absolute Gasteiger partial charge is 0.350 e. The van der Waals surface area contributed by atoms with Crippen molar-refractivity contribution in [3.63, 3.8) is 0 Å². The molecule has 0 saturated heterocycles. The van der Waals surface area contributed by atoms with Gasteiger partial charge in [0.2, 0.25) is 5.95 Å². The third-order valence-electron chi connectivity index (χ3n) is 5.08. The van der Waals surface area contributed by atoms with Crippen LogP contribution in [-0.4, -0.2) is 25.7 Å². The van der Waals surface area contributed by atoms with Crippen LogP contribution in [0.1, 0.15) is 15.9 Å². The predicted octanol–water partition coefficient (Wildman–Crippen LogP) is 5.45. The highest BCUT2D eigenvalue weighted by Gasteiger charge is 2.20. The summed E-state index contributed by atoms with van der Waals surface area (Å²) >= 11 is 6.11. The van der Waals surface area contributed by atoms with E-state index >= 15 is 0 Å². The Balaban J connectivity index is 1.56. The van der Waals surface area contributed by atoms with Crippen LogP contribution < -0.4 is 5.32 Å². The van der Waals surface area contributed by atoms with Crippen molar-refractivity contribution in [3.05, 3.63) is 107 Å². The summed E-state index contributed by atoms with van der Waals surface area (Å²) in [5, 5.41) is 10.2. The molecule has 0 saturated carbocycles. The van der Waals surface area contributed by atoms with E-state index < -0.39 is 0 Å². The number of hydrogen-bond acceptors (Lipinski definition) is 5. The van der Waals surface area contributed by atoms with E-state index in [1.165, 1.54) is 4.68 Å². The minimum absolute atomic E-state index is 0.266. The Morgan fingerprint density at radius 3 is 2.66 bits per heavy atom. The van der Waals surface area contributed by atoms with Crippen LogP contribution in [0.3, 0.4) is 0 Å². The second-order valence-electron chi connectivity index (χ2n) is 7.23. The van der Waals surface area contributed by atoms with Crippen molar-refractivity contribution < 1.29 is 4.79 Å². The molecule has 0 unspecified atom stereocenters. The molecule has 0 bridgehead atoms. The Labute approximate surface area is 189 Å². The zero-order valence-corrected chi connectivity index (χ0v) is 17.7. The monoisotopic (exact) mass is 439 g/mol. The van der Waals surface area contributed by atoms with Gasteiger partial charge in [0.1, 0.15) is 0 Å². The molecule has 2 heterocycles. The van der Waals surface area contributed by atoms with Crippen molar-refractivity contribution in [2.75, 3.05) is 5.32 Å². The first-order valence-electron chi connectivity index (χ1n) is 10.1. The summed E-state index contributed by atoms with van der Waals surface area (Å²) in [5.41, 5.74) is 2.24. The molecule has 156 valence electrons. The maximum Gasteiger partial charge on any atom is 0.282 e. The number of nitrogens with one attached hydrogen (secondary N) is 1. The van der Waals surface area contributed by atoms with Gasteiger partial charge in [-0.1, -0.05) is 60.1 Å². The van der Waals surface area contributed by atoms with Crippen LogP contribution in [0.4, 0.5) is 5.95 Å². The highest BCUT2D eigenvalue weighted by Crippen LogP contribution is 2.23. The predicted molar refractivity (Wildman–Crippen MR) is 126 cm³/mol. The molecule has 0 radical (unpaired) electrons. The van der Waals surface area contributed by atoms with E-state index in [0.29, 0.717) is 28.9 Å². The number of benzene rings is 3. The summed E-state index contributed by atoms with van der Waals surface area (Å²) in [5.74, 6) is 0.500. The molecule has 0 spiro atoms. The third-order valence-corrected chi connectivity index (χ3v) is 5.31. The van der Waals surface area contributed by atoms with Gasteiger partial charge in [0.05, 0.1) is 0 Å². The van der Waals surface area contributed by atoms with Gasteiger partial charge in [-0.2, -0.15) is 9.67 Å². The summed E-state index contributed by atoms with van der Waals surface area (Å²) in [6.45, 7) is 0.439. The quantitative estimate of drug-likeness (QED) is 0.394. The van der Waals surface area contributed by atoms with Crippen LogP contribution in [0.2, 0.25) is 5.02 Å². The molecule has 0 aliphatic heterocycles. The molecule has 5 aromatic rings. The lowest BCUT2D eigenvalue weighted by molar-refractivity contribution is 0.0949. The Kier molecular flexibility index (Phi) is 5.35. The number of pyridine rings is 1. The first-order valence-corrected chi connectivity index (χ1v) is 10.4. The van der Waals surface area contributed by atoms with E-state index in [2.05, 4.69) is 20.4 Å². The molecule has 0 aliphatic carbocycles. The molecule has 3 aromatic carbocycles. The molecule has 0 atom stereocenters. The molecule has 5 rings (SSSR count). The zero-order chi connectivity index (χ0) is 21.9. The van der Waals surface area contributed by atoms with Crippen molar-refractivity contribution in [3.8, 4) is 11.4 Å². The first-order chi connectivity index (χ1) is 15.7. The Morgan fingerprint density at radius 1 is 0.969 bits per heavy atom. The van der Waals surface area contributed by atoms with E-state index in [4.69, 9.17) is 11.6 Å². The van der Waals surface area contributed by atoms with Gasteiger partial charge in [-0.25, -0.2) is 0 Å². The fourth-order valence-electron chi connectivity index (χ4n) is 3.54. The lowest BCUT2D eigenvalue weighted by Gasteiger charge is -2.09. The molecule has 32 heavy (non-hydrogen) atoms. The van der Waals surface area contributed by atoms with Crippen molar-refractivity contribution in [2.45, 2.75) is 6.54 Å². The molecule has 7 heteroatoms. The Hall–Kier alpha value is -4.03. The molecule has 1 N–H and O–H groups in total. The standard InChI is InChI=1S/C25H18ClN5O/c26-20-10-3-6-17(14-20)15-28-25-29-23(19-9-5-13-27-16-19)30-31(25)24(32)22-12-4-8-18-7-1-2-11-21(18)22/h1-14,16H,15H2,(H,28,29,30). The van der Waals surface area contributed by atoms with E-state index in [1.807, 2.05) is 72.8 Å². The number of halogens is 1. The molecular formula is C25H18ClN5O. The number of anilines is 1. The maximum absolute atomic E-state index is 13.6. The number of aromatic nitrogens is 4. The number of nitrogens with zero attached hydrogens (tertiary/aromatic N) is 4. The number of carbonyl (C=O) groups excluding carboxylic acids is 1. The topological polar surface area (TPSA) is 72.7 Å². The minimum atomic E-state index is -0.266. The smallest absolute Gasteiger partial charge is 0.282 e. The van der Waals surface area contributed by atoms with Crippen LogP contribution in [0, 0.1) is 0 Å². The van der Waals surface area contributed by atoms with Crippen molar-refractivity contribution >= 4 is 34.2 Å². The third kappa shape index (κ3) is 3.96. The Bertz CT molecular complexity index is 1410. The molecule has 0 aliphatic rings. The van der Waals surface area contributed by atoms with Gasteiger partial charge in [-0.05, 0) is 46.7 Å². The lowest BCUT2D eigenvalue weighted by atomic mass is 10.0. The van der Waals surface area contributed by atoms with Crippen molar-refractivity contribution in [1.82, 2.24) is 19.7 Å². The molecule has 2 aromatic heterocycles. The van der Waals surface area contributed by atoms with Crippen molar-refractivity contribution in [1.29, 1.82) is 0 Å². The van der Waals surface area contributed by atoms with Gasteiger partial charge in [0.25, 0.3) is 5.91 Å². The molecular weight excluding hydrogens is 422 g/mol. The lowest BCUT2D eigenvalue weighted by Crippen LogP contribution is -2.18. The van der Waals surface area contributed by atoms with Gasteiger partial charge in [0, 0.05) is 35.1 Å². The van der Waals surface area contributed by atoms with E-state index in [0.717, 1.165) is 21.9 Å². The van der Waals surface area contributed by atoms with Gasteiger partial charge >= 0.3 is 0 Å². The van der Waals surface area contributed by atoms with E-state index in [-0.39, 0.29) is 5.91 Å². The summed E-state index contributed by atoms with van der Waals surface area (Å²) in [6.07, 6.45) is 3.35. The normalized spacial score (nSPS) is 10.9. The van der Waals surface area contributed by atoms with Crippen LogP contribution >= 0.6 is 11.6 Å². The van der Waals surface area contributed by atoms with E-state index in [9.17, 15) is 4.79 Å². The van der Waals surface area contributed by atoms with Crippen LogP contribution in [0.25, 0.3) is 22.2 Å². The van der Waals surface area contributed by atoms with Gasteiger partial charge in [-0.15, -0.1) is 5.10 Å². The number of hydrogen-bond donors (Lipinski definition) is 1. The summed E-state index contributed by atoms with van der Waals surface area (Å²) < 4.78 is 1.31. The van der Waals surface area contributed by atoms with E-state index in [1.54, 1.807) is 18.5 Å². The second kappa shape index (κ2) is 8.61. The van der Waals surface area contributed by atoms with Crippen LogP contribution in [0.15, 0.2) is 91.3 Å². The SMILES string of the molecule is O=C(c1cccc2ccccc12)n1nc(-c2cccnc2)nc1NCc1cccc(Cl)c1. The average molecular weight is 440 g/mol. The van der Waals surface area contributed by atoms with Crippen molar-refractivity contribution in [2.24, 2.45) is 0 Å². The summed E-state index contributed by atoms with van der Waals surface area (Å²) in [6, 6.07) is 24.6. The Morgan fingerprint density at radius 2 is 1.81 bits per heavy atom. The van der Waals surface area contributed by atoms with Gasteiger partial charge < -0.3 is 5.32 Å². The van der Waals surface area contributed by atoms with Gasteiger partial charge in [0.15, 0.2) is 5.82 Å². The van der Waals surface area contributed by atoms with Gasteiger partial charge in [-0.3, -0.25) is 9.78 Å². The van der Waals surface area contributed by atoms with Crippen LogP contribution in [0.5, 0.6) is 0 Å². The molecule has 0 amide bonds. The van der Waals surface area contributed by atoms with Crippen LogP contribution in [-0.2, 0) is 6.54 Å². The zero-order valence-electron chi connectivity index (χ0n) is 16.9. The first kappa shape index (κ1) is 19.9. The highest BCUT2D eigenvalue weighted by atomic mass is 35.5. The summed E-state index contributed by atoms with van der Waals surface area (Å²) in [4.78, 5) is 22.3. The molecule has 0 fully saturated rings. The second-order valence-corrected chi connectivity index (χ2v) is 7.66. The maximum atomic E-state index is 13.6. The fraction of sp³-hybridized carbons (Fsp3) is 0.0400. The number of carbonyl (C=O) groups is 1. The number of rotatable bonds is 5. The molecule has 6 nitrogen and oxygen atoms in total. The number of fused-ring (bicyclic) bond motifs is 1. The fourth-order valence-corrected chi connectivity index (χ4v) is 3.75. The highest BCUT2D eigenvalue weighted by molar-refractivity contribution is 6.30. The summed E-state index contributed by atoms with van der Waals surface area (Å²) in [7, 11) is 0. The minimum Gasteiger partial charge on any atom is -0.350 e.